The lowest BCUT2D eigenvalue weighted by Crippen LogP contribution is -2.49. The number of anilines is 1. The van der Waals surface area contributed by atoms with Gasteiger partial charge in [0.2, 0.25) is 0 Å². The number of benzene rings is 1. The first kappa shape index (κ1) is 22.0. The fourth-order valence-corrected chi connectivity index (χ4v) is 4.91. The van der Waals surface area contributed by atoms with E-state index in [1.807, 2.05) is 18.2 Å². The molecule has 31 heavy (non-hydrogen) atoms. The number of aromatic nitrogens is 1. The predicted octanol–water partition coefficient (Wildman–Crippen LogP) is 4.10. The fraction of sp³-hybridized carbons (Fsp3) is 0.538. The third kappa shape index (κ3) is 5.92. The van der Waals surface area contributed by atoms with E-state index in [4.69, 9.17) is 4.98 Å². The summed E-state index contributed by atoms with van der Waals surface area (Å²) in [4.78, 5) is 22.0. The molecule has 3 heterocycles. The van der Waals surface area contributed by atoms with Gasteiger partial charge in [-0.25, -0.2) is 4.98 Å². The van der Waals surface area contributed by atoms with E-state index in [9.17, 15) is 4.79 Å². The Labute approximate surface area is 186 Å². The molecule has 5 nitrogen and oxygen atoms in total. The molecule has 1 aromatic heterocycles. The van der Waals surface area contributed by atoms with Gasteiger partial charge >= 0.3 is 0 Å². The average Bonchev–Trinajstić information content (AvgIpc) is 2.80. The standard InChI is InChI=1S/C26H36N4O/c1-21(31)25(22-9-4-2-5-10-22)30-19-17-29(18-20-30)16-7-3-6-12-24-14-13-23-11-8-15-27-26(23)28-24/h2,4-5,9-10,13-14,25H,3,6-8,11-12,15-20H2,1H3,(H,27,28)/t25-/m0/s1. The Hall–Kier alpha value is -2.24. The third-order valence-electron chi connectivity index (χ3n) is 6.63. The Kier molecular flexibility index (Phi) is 7.71. The van der Waals surface area contributed by atoms with Gasteiger partial charge in [0.1, 0.15) is 5.82 Å². The Morgan fingerprint density at radius 1 is 1.03 bits per heavy atom. The minimum absolute atomic E-state index is 0.0954. The van der Waals surface area contributed by atoms with Crippen LogP contribution in [-0.4, -0.2) is 59.8 Å². The van der Waals surface area contributed by atoms with Gasteiger partial charge in [-0.15, -0.1) is 0 Å². The van der Waals surface area contributed by atoms with Crippen molar-refractivity contribution in [1.82, 2.24) is 14.8 Å². The van der Waals surface area contributed by atoms with Crippen molar-refractivity contribution in [3.05, 3.63) is 59.3 Å². The molecule has 1 fully saturated rings. The molecule has 4 rings (SSSR count). The molecular weight excluding hydrogens is 384 g/mol. The lowest BCUT2D eigenvalue weighted by molar-refractivity contribution is -0.123. The van der Waals surface area contributed by atoms with E-state index in [1.54, 1.807) is 6.92 Å². The van der Waals surface area contributed by atoms with Gasteiger partial charge in [-0.05, 0) is 62.8 Å². The lowest BCUT2D eigenvalue weighted by atomic mass is 10.0. The van der Waals surface area contributed by atoms with Crippen LogP contribution < -0.4 is 5.32 Å². The van der Waals surface area contributed by atoms with Crippen LogP contribution in [0.3, 0.4) is 0 Å². The normalized spacial score (nSPS) is 18.2. The van der Waals surface area contributed by atoms with Crippen LogP contribution in [0.15, 0.2) is 42.5 Å². The number of carbonyl (C=O) groups excluding carboxylic acids is 1. The monoisotopic (exact) mass is 420 g/mol. The highest BCUT2D eigenvalue weighted by atomic mass is 16.1. The molecule has 2 aromatic rings. The SMILES string of the molecule is CC(=O)[C@@H](c1ccccc1)N1CCN(CCCCCc2ccc3c(n2)NCCC3)CC1. The van der Waals surface area contributed by atoms with Crippen LogP contribution >= 0.6 is 0 Å². The van der Waals surface area contributed by atoms with Crippen molar-refractivity contribution in [2.24, 2.45) is 0 Å². The van der Waals surface area contributed by atoms with Crippen molar-refractivity contribution < 1.29 is 4.79 Å². The number of hydrogen-bond donors (Lipinski definition) is 1. The fourth-order valence-electron chi connectivity index (χ4n) is 4.91. The molecular formula is C26H36N4O. The molecule has 0 spiro atoms. The van der Waals surface area contributed by atoms with E-state index in [-0.39, 0.29) is 11.8 Å². The molecule has 1 atom stereocenters. The van der Waals surface area contributed by atoms with E-state index in [0.29, 0.717) is 0 Å². The molecule has 166 valence electrons. The highest BCUT2D eigenvalue weighted by Gasteiger charge is 2.27. The van der Waals surface area contributed by atoms with Crippen LogP contribution in [0.5, 0.6) is 0 Å². The molecule has 5 heteroatoms. The number of ketones is 1. The van der Waals surface area contributed by atoms with Crippen LogP contribution in [0.1, 0.15) is 55.5 Å². The van der Waals surface area contributed by atoms with Gasteiger partial charge in [0.05, 0.1) is 6.04 Å². The summed E-state index contributed by atoms with van der Waals surface area (Å²) in [6, 6.07) is 14.6. The van der Waals surface area contributed by atoms with Gasteiger partial charge in [0.25, 0.3) is 0 Å². The van der Waals surface area contributed by atoms with Crippen molar-refractivity contribution in [3.8, 4) is 0 Å². The third-order valence-corrected chi connectivity index (χ3v) is 6.63. The molecule has 0 aliphatic carbocycles. The Bertz CT molecular complexity index is 846. The number of piperazine rings is 1. The zero-order valence-electron chi connectivity index (χ0n) is 18.9. The van der Waals surface area contributed by atoms with E-state index in [2.05, 4.69) is 39.4 Å². The quantitative estimate of drug-likeness (QED) is 0.619. The Balaban J connectivity index is 1.16. The summed E-state index contributed by atoms with van der Waals surface area (Å²) in [5.74, 6) is 1.35. The minimum atomic E-state index is -0.0954. The second kappa shape index (κ2) is 10.9. The van der Waals surface area contributed by atoms with Crippen molar-refractivity contribution >= 4 is 11.6 Å². The summed E-state index contributed by atoms with van der Waals surface area (Å²) >= 11 is 0. The van der Waals surface area contributed by atoms with Gasteiger partial charge in [-0.1, -0.05) is 42.8 Å². The van der Waals surface area contributed by atoms with Gasteiger partial charge in [0, 0.05) is 38.4 Å². The maximum Gasteiger partial charge on any atom is 0.151 e. The van der Waals surface area contributed by atoms with Gasteiger partial charge in [-0.3, -0.25) is 9.69 Å². The second-order valence-corrected chi connectivity index (χ2v) is 8.95. The molecule has 1 saturated heterocycles. The highest BCUT2D eigenvalue weighted by molar-refractivity contribution is 5.82. The van der Waals surface area contributed by atoms with Crippen LogP contribution in [0.4, 0.5) is 5.82 Å². The summed E-state index contributed by atoms with van der Waals surface area (Å²) < 4.78 is 0. The van der Waals surface area contributed by atoms with E-state index in [1.165, 1.54) is 36.9 Å². The topological polar surface area (TPSA) is 48.5 Å². The van der Waals surface area contributed by atoms with E-state index in [0.717, 1.165) is 63.5 Å². The van der Waals surface area contributed by atoms with Crippen LogP contribution in [-0.2, 0) is 17.6 Å². The lowest BCUT2D eigenvalue weighted by Gasteiger charge is -2.38. The first-order chi connectivity index (χ1) is 15.2. The van der Waals surface area contributed by atoms with Crippen molar-refractivity contribution in [2.45, 2.75) is 51.5 Å². The van der Waals surface area contributed by atoms with Crippen molar-refractivity contribution in [2.75, 3.05) is 44.6 Å². The smallest absolute Gasteiger partial charge is 0.151 e. The molecule has 0 bridgehead atoms. The van der Waals surface area contributed by atoms with Gasteiger partial charge in [-0.2, -0.15) is 0 Å². The largest absolute Gasteiger partial charge is 0.370 e. The number of unbranched alkanes of at least 4 members (excludes halogenated alkanes) is 2. The zero-order chi connectivity index (χ0) is 21.5. The molecule has 0 saturated carbocycles. The highest BCUT2D eigenvalue weighted by Crippen LogP contribution is 2.23. The summed E-state index contributed by atoms with van der Waals surface area (Å²) in [7, 11) is 0. The van der Waals surface area contributed by atoms with Crippen molar-refractivity contribution in [1.29, 1.82) is 0 Å². The van der Waals surface area contributed by atoms with Crippen LogP contribution in [0.25, 0.3) is 0 Å². The second-order valence-electron chi connectivity index (χ2n) is 8.95. The zero-order valence-corrected chi connectivity index (χ0v) is 18.9. The molecule has 0 amide bonds. The maximum atomic E-state index is 12.3. The maximum absolute atomic E-state index is 12.3. The first-order valence-electron chi connectivity index (χ1n) is 12.0. The summed E-state index contributed by atoms with van der Waals surface area (Å²) in [6.07, 6.45) is 7.11. The van der Waals surface area contributed by atoms with Crippen molar-refractivity contribution in [3.63, 3.8) is 0 Å². The number of hydrogen-bond acceptors (Lipinski definition) is 5. The van der Waals surface area contributed by atoms with E-state index < -0.39 is 0 Å². The number of aryl methyl sites for hydroxylation is 2. The van der Waals surface area contributed by atoms with Gasteiger partial charge in [0.15, 0.2) is 5.78 Å². The molecule has 1 aromatic carbocycles. The van der Waals surface area contributed by atoms with Crippen LogP contribution in [0.2, 0.25) is 0 Å². The molecule has 2 aliphatic rings. The Morgan fingerprint density at radius 3 is 2.61 bits per heavy atom. The first-order valence-corrected chi connectivity index (χ1v) is 12.0. The van der Waals surface area contributed by atoms with E-state index >= 15 is 0 Å². The number of Topliss-reactive ketones (excluding diaryl/α,β-unsaturated/α-hetero) is 1. The number of pyridine rings is 1. The Morgan fingerprint density at radius 2 is 1.84 bits per heavy atom. The number of nitrogens with one attached hydrogen (secondary N) is 1. The number of rotatable bonds is 9. The minimum Gasteiger partial charge on any atom is -0.370 e. The number of fused-ring (bicyclic) bond motifs is 1. The average molecular weight is 421 g/mol. The molecule has 0 radical (unpaired) electrons. The number of nitrogens with zero attached hydrogens (tertiary/aromatic N) is 3. The molecule has 0 unspecified atom stereocenters. The molecule has 2 aliphatic heterocycles. The summed E-state index contributed by atoms with van der Waals surface area (Å²) in [6.45, 7) is 7.95. The number of carbonyl (C=O) groups is 1. The van der Waals surface area contributed by atoms with Crippen LogP contribution in [0, 0.1) is 0 Å². The molecule has 1 N–H and O–H groups in total. The summed E-state index contributed by atoms with van der Waals surface area (Å²) in [5, 5.41) is 3.43. The van der Waals surface area contributed by atoms with Gasteiger partial charge < -0.3 is 10.2 Å². The predicted molar refractivity (Wildman–Crippen MR) is 126 cm³/mol. The summed E-state index contributed by atoms with van der Waals surface area (Å²) in [5.41, 5.74) is 3.71.